The molecule has 0 spiro atoms. The lowest BCUT2D eigenvalue weighted by Crippen LogP contribution is -2.59. The van der Waals surface area contributed by atoms with E-state index in [-0.39, 0.29) is 29.1 Å². The van der Waals surface area contributed by atoms with Crippen LogP contribution in [0.2, 0.25) is 10.6 Å². The Morgan fingerprint density at radius 1 is 0.778 bits per heavy atom. The SMILES string of the molecule is CC(C)(C)OC(=O)N1C[C@H]2CN(Cc3cnc(Cl)nc3)C[C@H]21.CC(C)(C)OC(=O)N1C[C@H]2CNC[C@H]21.Clc1ncc(CBr)cn1. The van der Waals surface area contributed by atoms with Gasteiger partial charge in [0.05, 0.1) is 12.1 Å². The molecule has 15 heteroatoms. The van der Waals surface area contributed by atoms with Crippen LogP contribution in [-0.2, 0) is 21.3 Å². The van der Waals surface area contributed by atoms with Crippen LogP contribution in [-0.4, -0.2) is 109 Å². The second-order valence-electron chi connectivity index (χ2n) is 13.6. The number of halogens is 3. The molecule has 4 aliphatic heterocycles. The molecular formula is C30H43BrCl2N8O4. The standard InChI is InChI=1S/C15H21ClN4O2.C10H18N2O2.C5H4BrClN2/c1-15(2,3)22-14(21)20-8-11-7-19(9-12(11)20)6-10-4-17-13(16)18-5-10;1-10(2,3)14-9(13)12-6-7-4-11-5-8(7)12;6-1-4-2-8-5(7)9-3-4/h4-5,11-12H,6-9H2,1-3H3;7-8,11H,4-6H2,1-3H3;2-3H,1H2/t11-,12-;7-,8-;/m11./s1. The van der Waals surface area contributed by atoms with Crippen molar-refractivity contribution < 1.29 is 19.1 Å². The van der Waals surface area contributed by atoms with Gasteiger partial charge < -0.3 is 24.6 Å². The van der Waals surface area contributed by atoms with E-state index in [2.05, 4.69) is 46.1 Å². The second kappa shape index (κ2) is 15.1. The number of likely N-dealkylation sites (tertiary alicyclic amines) is 3. The van der Waals surface area contributed by atoms with Crippen molar-refractivity contribution in [2.45, 2.75) is 76.7 Å². The van der Waals surface area contributed by atoms with Crippen LogP contribution in [0.5, 0.6) is 0 Å². The van der Waals surface area contributed by atoms with Crippen molar-refractivity contribution in [1.29, 1.82) is 0 Å². The smallest absolute Gasteiger partial charge is 0.410 e. The van der Waals surface area contributed by atoms with Crippen LogP contribution in [0.25, 0.3) is 0 Å². The number of aromatic nitrogens is 4. The number of fused-ring (bicyclic) bond motifs is 2. The zero-order valence-electron chi connectivity index (χ0n) is 26.7. The lowest BCUT2D eigenvalue weighted by Gasteiger charge is -2.43. The van der Waals surface area contributed by atoms with Crippen LogP contribution in [0.1, 0.15) is 52.7 Å². The summed E-state index contributed by atoms with van der Waals surface area (Å²) in [5.41, 5.74) is 1.24. The Hall–Kier alpha value is -2.32. The molecule has 45 heavy (non-hydrogen) atoms. The summed E-state index contributed by atoms with van der Waals surface area (Å²) in [5.74, 6) is 1.20. The van der Waals surface area contributed by atoms with Crippen molar-refractivity contribution >= 4 is 51.3 Å². The molecular weight excluding hydrogens is 687 g/mol. The minimum absolute atomic E-state index is 0.164. The topological polar surface area (TPSA) is 126 Å². The number of ether oxygens (including phenoxy) is 2. The summed E-state index contributed by atoms with van der Waals surface area (Å²) in [6.07, 6.45) is 6.50. The first kappa shape index (κ1) is 35.5. The van der Waals surface area contributed by atoms with Gasteiger partial charge in [0.2, 0.25) is 10.6 Å². The molecule has 248 valence electrons. The summed E-state index contributed by atoms with van der Waals surface area (Å²) < 4.78 is 10.8. The first-order valence-electron chi connectivity index (χ1n) is 15.0. The summed E-state index contributed by atoms with van der Waals surface area (Å²) in [6.45, 7) is 17.6. The van der Waals surface area contributed by atoms with Crippen LogP contribution in [0, 0.1) is 11.8 Å². The zero-order chi connectivity index (χ0) is 32.9. The highest BCUT2D eigenvalue weighted by molar-refractivity contribution is 9.08. The number of hydrogen-bond acceptors (Lipinski definition) is 10. The fraction of sp³-hybridized carbons (Fsp3) is 0.667. The van der Waals surface area contributed by atoms with Crippen LogP contribution in [0.15, 0.2) is 24.8 Å². The predicted octanol–water partition coefficient (Wildman–Crippen LogP) is 5.03. The fourth-order valence-corrected chi connectivity index (χ4v) is 6.01. The molecule has 0 aromatic carbocycles. The van der Waals surface area contributed by atoms with Crippen molar-refractivity contribution in [3.8, 4) is 0 Å². The summed E-state index contributed by atoms with van der Waals surface area (Å²) in [6, 6.07) is 0.646. The molecule has 0 saturated carbocycles. The Kier molecular flexibility index (Phi) is 11.9. The monoisotopic (exact) mass is 728 g/mol. The summed E-state index contributed by atoms with van der Waals surface area (Å²) in [5, 5.41) is 4.61. The molecule has 6 heterocycles. The average Bonchev–Trinajstić information content (AvgIpc) is 3.43. The normalized spacial score (nSPS) is 23.7. The van der Waals surface area contributed by atoms with Gasteiger partial charge >= 0.3 is 12.2 Å². The van der Waals surface area contributed by atoms with Crippen LogP contribution in [0.4, 0.5) is 9.59 Å². The summed E-state index contributed by atoms with van der Waals surface area (Å²) >= 11 is 14.4. The van der Waals surface area contributed by atoms with Gasteiger partial charge in [-0.15, -0.1) is 0 Å². The molecule has 1 N–H and O–H groups in total. The molecule has 4 atom stereocenters. The number of carbonyl (C=O) groups is 2. The van der Waals surface area contributed by atoms with Gasteiger partial charge in [-0.2, -0.15) is 0 Å². The van der Waals surface area contributed by atoms with Gasteiger partial charge in [0.15, 0.2) is 0 Å². The van der Waals surface area contributed by atoms with Gasteiger partial charge in [0, 0.05) is 93.3 Å². The quantitative estimate of drug-likeness (QED) is 0.340. The summed E-state index contributed by atoms with van der Waals surface area (Å²) in [4.78, 5) is 45.3. The molecule has 2 aromatic rings. The molecule has 6 rings (SSSR count). The molecule has 0 radical (unpaired) electrons. The van der Waals surface area contributed by atoms with Gasteiger partial charge in [0.25, 0.3) is 0 Å². The van der Waals surface area contributed by atoms with Crippen molar-refractivity contribution in [1.82, 2.24) is 40.0 Å². The lowest BCUT2D eigenvalue weighted by molar-refractivity contribution is -0.0172. The van der Waals surface area contributed by atoms with E-state index in [0.29, 0.717) is 23.2 Å². The van der Waals surface area contributed by atoms with Crippen LogP contribution in [0.3, 0.4) is 0 Å². The van der Waals surface area contributed by atoms with E-state index < -0.39 is 5.60 Å². The highest BCUT2D eigenvalue weighted by Crippen LogP contribution is 2.34. The molecule has 4 fully saturated rings. The third-order valence-electron chi connectivity index (χ3n) is 7.61. The third kappa shape index (κ3) is 10.3. The van der Waals surface area contributed by atoms with E-state index in [1.165, 1.54) is 0 Å². The van der Waals surface area contributed by atoms with E-state index in [1.807, 2.05) is 51.3 Å². The minimum atomic E-state index is -0.443. The van der Waals surface area contributed by atoms with Gasteiger partial charge in [-0.25, -0.2) is 29.5 Å². The Balaban J connectivity index is 0.000000171. The maximum absolute atomic E-state index is 12.1. The maximum atomic E-state index is 12.1. The number of nitrogens with one attached hydrogen (secondary N) is 1. The average molecular weight is 731 g/mol. The van der Waals surface area contributed by atoms with Crippen LogP contribution < -0.4 is 5.32 Å². The molecule has 0 aliphatic carbocycles. The first-order valence-corrected chi connectivity index (χ1v) is 16.9. The molecule has 0 bridgehead atoms. The van der Waals surface area contributed by atoms with E-state index in [1.54, 1.807) is 24.8 Å². The highest BCUT2D eigenvalue weighted by atomic mass is 79.9. The molecule has 4 saturated heterocycles. The molecule has 2 aromatic heterocycles. The van der Waals surface area contributed by atoms with Gasteiger partial charge in [-0.1, -0.05) is 15.9 Å². The van der Waals surface area contributed by atoms with Gasteiger partial charge in [0.1, 0.15) is 11.2 Å². The number of rotatable bonds is 3. The Morgan fingerprint density at radius 3 is 1.76 bits per heavy atom. The third-order valence-corrected chi connectivity index (χ3v) is 8.65. The van der Waals surface area contributed by atoms with Crippen LogP contribution >= 0.6 is 39.1 Å². The number of alkyl halides is 1. The molecule has 0 unspecified atom stereocenters. The van der Waals surface area contributed by atoms with Crippen molar-refractivity contribution in [2.75, 3.05) is 39.3 Å². The van der Waals surface area contributed by atoms with Gasteiger partial charge in [-0.05, 0) is 70.3 Å². The Bertz CT molecular complexity index is 1290. The number of nitrogens with zero attached hydrogens (tertiary/aromatic N) is 7. The lowest BCUT2D eigenvalue weighted by atomic mass is 9.93. The van der Waals surface area contributed by atoms with Crippen molar-refractivity contribution in [3.05, 3.63) is 46.5 Å². The Morgan fingerprint density at radius 2 is 1.27 bits per heavy atom. The van der Waals surface area contributed by atoms with E-state index in [0.717, 1.165) is 62.3 Å². The van der Waals surface area contributed by atoms with E-state index in [4.69, 9.17) is 32.7 Å². The minimum Gasteiger partial charge on any atom is -0.444 e. The number of amides is 2. The van der Waals surface area contributed by atoms with E-state index in [9.17, 15) is 9.59 Å². The largest absolute Gasteiger partial charge is 0.444 e. The summed E-state index contributed by atoms with van der Waals surface area (Å²) in [7, 11) is 0. The van der Waals surface area contributed by atoms with Gasteiger partial charge in [-0.3, -0.25) is 4.90 Å². The van der Waals surface area contributed by atoms with Crippen molar-refractivity contribution in [2.24, 2.45) is 11.8 Å². The second-order valence-corrected chi connectivity index (χ2v) is 14.9. The number of carbonyl (C=O) groups excluding carboxylic acids is 2. The van der Waals surface area contributed by atoms with Crippen molar-refractivity contribution in [3.63, 3.8) is 0 Å². The molecule has 2 amide bonds. The fourth-order valence-electron chi connectivity index (χ4n) is 5.52. The molecule has 4 aliphatic rings. The first-order chi connectivity index (χ1) is 21.1. The maximum Gasteiger partial charge on any atom is 0.410 e. The van der Waals surface area contributed by atoms with E-state index >= 15 is 0 Å². The zero-order valence-corrected chi connectivity index (χ0v) is 29.8. The predicted molar refractivity (Wildman–Crippen MR) is 175 cm³/mol. The molecule has 12 nitrogen and oxygen atoms in total. The Labute approximate surface area is 283 Å². The highest BCUT2D eigenvalue weighted by Gasteiger charge is 2.49. The number of hydrogen-bond donors (Lipinski definition) is 1.